The third kappa shape index (κ3) is 5.75. The molecule has 0 radical (unpaired) electrons. The molecule has 0 unspecified atom stereocenters. The Morgan fingerprint density at radius 1 is 1.04 bits per heavy atom. The van der Waals surface area contributed by atoms with E-state index in [1.165, 1.54) is 11.1 Å². The van der Waals surface area contributed by atoms with Crippen LogP contribution in [0.2, 0.25) is 0 Å². The predicted octanol–water partition coefficient (Wildman–Crippen LogP) is 5.43. The number of anilines is 1. The van der Waals surface area contributed by atoms with Crippen molar-refractivity contribution in [3.8, 4) is 5.75 Å². The van der Waals surface area contributed by atoms with Crippen LogP contribution in [0.4, 0.5) is 5.69 Å². The van der Waals surface area contributed by atoms with Gasteiger partial charge in [-0.1, -0.05) is 45.0 Å². The first-order valence-corrected chi connectivity index (χ1v) is 9.11. The number of hydrogen-bond donors (Lipinski definition) is 2. The van der Waals surface area contributed by atoms with E-state index in [4.69, 9.17) is 17.0 Å². The fraction of sp³-hybridized carbons (Fsp3) is 0.381. The van der Waals surface area contributed by atoms with E-state index in [2.05, 4.69) is 62.6 Å². The summed E-state index contributed by atoms with van der Waals surface area (Å²) in [5.41, 5.74) is 3.65. The molecule has 0 spiro atoms. The molecule has 3 nitrogen and oxygen atoms in total. The van der Waals surface area contributed by atoms with E-state index in [1.807, 2.05) is 31.2 Å². The van der Waals surface area contributed by atoms with Gasteiger partial charge in [0.05, 0.1) is 12.6 Å². The maximum atomic E-state index is 5.45. The second-order valence-electron chi connectivity index (χ2n) is 7.15. The maximum Gasteiger partial charge on any atom is 0.171 e. The van der Waals surface area contributed by atoms with E-state index in [1.54, 1.807) is 0 Å². The van der Waals surface area contributed by atoms with E-state index in [-0.39, 0.29) is 11.5 Å². The molecular weight excluding hydrogens is 328 g/mol. The number of thiocarbonyl (C=S) groups is 1. The highest BCUT2D eigenvalue weighted by Crippen LogP contribution is 2.24. The summed E-state index contributed by atoms with van der Waals surface area (Å²) in [4.78, 5) is 0. The summed E-state index contributed by atoms with van der Waals surface area (Å²) in [5.74, 6) is 0.860. The summed E-state index contributed by atoms with van der Waals surface area (Å²) < 4.78 is 5.45. The number of rotatable bonds is 5. The first-order valence-electron chi connectivity index (χ1n) is 8.70. The van der Waals surface area contributed by atoms with Crippen molar-refractivity contribution in [2.24, 2.45) is 0 Å². The van der Waals surface area contributed by atoms with Gasteiger partial charge in [-0.05, 0) is 66.9 Å². The lowest BCUT2D eigenvalue weighted by Gasteiger charge is -2.21. The summed E-state index contributed by atoms with van der Waals surface area (Å²) in [5, 5.41) is 7.15. The highest BCUT2D eigenvalue weighted by Gasteiger charge is 2.14. The van der Waals surface area contributed by atoms with E-state index in [0.29, 0.717) is 11.7 Å². The summed E-state index contributed by atoms with van der Waals surface area (Å²) in [7, 11) is 0. The molecule has 0 aliphatic heterocycles. The smallest absolute Gasteiger partial charge is 0.171 e. The van der Waals surface area contributed by atoms with Gasteiger partial charge in [0.1, 0.15) is 5.75 Å². The van der Waals surface area contributed by atoms with Gasteiger partial charge in [0, 0.05) is 5.69 Å². The van der Waals surface area contributed by atoms with Gasteiger partial charge < -0.3 is 15.4 Å². The van der Waals surface area contributed by atoms with Crippen molar-refractivity contribution in [1.82, 2.24) is 5.32 Å². The highest BCUT2D eigenvalue weighted by molar-refractivity contribution is 7.80. The number of benzene rings is 2. The van der Waals surface area contributed by atoms with Gasteiger partial charge in [-0.3, -0.25) is 0 Å². The quantitative estimate of drug-likeness (QED) is 0.700. The van der Waals surface area contributed by atoms with Crippen molar-refractivity contribution in [2.45, 2.75) is 46.1 Å². The van der Waals surface area contributed by atoms with Gasteiger partial charge in [0.2, 0.25) is 0 Å². The maximum absolute atomic E-state index is 5.45. The van der Waals surface area contributed by atoms with Gasteiger partial charge in [-0.25, -0.2) is 0 Å². The van der Waals surface area contributed by atoms with Crippen LogP contribution in [0.15, 0.2) is 48.5 Å². The highest BCUT2D eigenvalue weighted by atomic mass is 32.1. The van der Waals surface area contributed by atoms with Gasteiger partial charge in [0.25, 0.3) is 0 Å². The monoisotopic (exact) mass is 356 g/mol. The Morgan fingerprint density at radius 2 is 1.64 bits per heavy atom. The zero-order valence-corrected chi connectivity index (χ0v) is 16.5. The lowest BCUT2D eigenvalue weighted by atomic mass is 9.86. The number of ether oxygens (including phenoxy) is 1. The minimum Gasteiger partial charge on any atom is -0.494 e. The first-order chi connectivity index (χ1) is 11.8. The fourth-order valence-corrected chi connectivity index (χ4v) is 2.81. The van der Waals surface area contributed by atoms with Crippen LogP contribution in [0, 0.1) is 0 Å². The largest absolute Gasteiger partial charge is 0.494 e. The summed E-state index contributed by atoms with van der Waals surface area (Å²) >= 11 is 5.43. The average Bonchev–Trinajstić information content (AvgIpc) is 2.56. The second-order valence-corrected chi connectivity index (χ2v) is 7.56. The summed E-state index contributed by atoms with van der Waals surface area (Å²) in [6.45, 7) is 11.4. The minimum absolute atomic E-state index is 0.136. The van der Waals surface area contributed by atoms with Crippen molar-refractivity contribution in [3.05, 3.63) is 59.7 Å². The summed E-state index contributed by atoms with van der Waals surface area (Å²) in [6.07, 6.45) is 0. The normalized spacial score (nSPS) is 12.4. The standard InChI is InChI=1S/C21H28N2OS/c1-6-24-19-13-11-18(12-14-19)23-20(25)22-15(2)16-7-9-17(10-8-16)21(3,4)5/h7-15H,6H2,1-5H3,(H2,22,23,25)/t15-/m0/s1. The molecule has 4 heteroatoms. The molecule has 0 saturated carbocycles. The molecule has 25 heavy (non-hydrogen) atoms. The third-order valence-corrected chi connectivity index (χ3v) is 4.27. The van der Waals surface area contributed by atoms with Crippen LogP contribution in [0.1, 0.15) is 51.8 Å². The van der Waals surface area contributed by atoms with Gasteiger partial charge in [-0.2, -0.15) is 0 Å². The molecule has 0 fully saturated rings. The van der Waals surface area contributed by atoms with Crippen molar-refractivity contribution >= 4 is 23.0 Å². The van der Waals surface area contributed by atoms with Crippen molar-refractivity contribution in [3.63, 3.8) is 0 Å². The van der Waals surface area contributed by atoms with E-state index >= 15 is 0 Å². The van der Waals surface area contributed by atoms with Crippen LogP contribution in [-0.2, 0) is 5.41 Å². The lowest BCUT2D eigenvalue weighted by Crippen LogP contribution is -2.30. The molecule has 0 aromatic heterocycles. The zero-order valence-electron chi connectivity index (χ0n) is 15.7. The fourth-order valence-electron chi connectivity index (χ4n) is 2.52. The van der Waals surface area contributed by atoms with E-state index in [9.17, 15) is 0 Å². The SMILES string of the molecule is CCOc1ccc(NC(=S)N[C@@H](C)c2ccc(C(C)(C)C)cc2)cc1. The van der Waals surface area contributed by atoms with Crippen molar-refractivity contribution in [2.75, 3.05) is 11.9 Å². The Morgan fingerprint density at radius 3 is 2.16 bits per heavy atom. The Hall–Kier alpha value is -2.07. The average molecular weight is 357 g/mol. The zero-order chi connectivity index (χ0) is 18.4. The topological polar surface area (TPSA) is 33.3 Å². The van der Waals surface area contributed by atoms with E-state index < -0.39 is 0 Å². The molecule has 2 rings (SSSR count). The van der Waals surface area contributed by atoms with Crippen LogP contribution >= 0.6 is 12.2 Å². The second kappa shape index (κ2) is 8.34. The van der Waals surface area contributed by atoms with Crippen LogP contribution in [-0.4, -0.2) is 11.7 Å². The van der Waals surface area contributed by atoms with Crippen molar-refractivity contribution < 1.29 is 4.74 Å². The Labute approximate surface area is 156 Å². The Balaban J connectivity index is 1.93. The molecule has 2 aromatic rings. The molecular formula is C21H28N2OS. The van der Waals surface area contributed by atoms with Gasteiger partial charge in [-0.15, -0.1) is 0 Å². The van der Waals surface area contributed by atoms with Crippen LogP contribution in [0.5, 0.6) is 5.75 Å². The Kier molecular flexibility index (Phi) is 6.43. The summed E-state index contributed by atoms with van der Waals surface area (Å²) in [6, 6.07) is 16.6. The third-order valence-electron chi connectivity index (χ3n) is 4.05. The molecule has 2 N–H and O–H groups in total. The molecule has 134 valence electrons. The van der Waals surface area contributed by atoms with Crippen LogP contribution in [0.25, 0.3) is 0 Å². The number of hydrogen-bond acceptors (Lipinski definition) is 2. The van der Waals surface area contributed by atoms with E-state index in [0.717, 1.165) is 11.4 Å². The van der Waals surface area contributed by atoms with Crippen LogP contribution in [0.3, 0.4) is 0 Å². The Bertz CT molecular complexity index is 687. The predicted molar refractivity (Wildman–Crippen MR) is 111 cm³/mol. The number of nitrogens with one attached hydrogen (secondary N) is 2. The minimum atomic E-state index is 0.136. The van der Waals surface area contributed by atoms with Gasteiger partial charge in [0.15, 0.2) is 5.11 Å². The molecule has 0 amide bonds. The molecule has 0 bridgehead atoms. The molecule has 2 aromatic carbocycles. The molecule has 0 aliphatic carbocycles. The molecule has 1 atom stereocenters. The molecule has 0 saturated heterocycles. The van der Waals surface area contributed by atoms with Crippen molar-refractivity contribution in [1.29, 1.82) is 0 Å². The van der Waals surface area contributed by atoms with Crippen LogP contribution < -0.4 is 15.4 Å². The first kappa shape index (κ1) is 19.3. The van der Waals surface area contributed by atoms with Gasteiger partial charge >= 0.3 is 0 Å². The molecule has 0 aliphatic rings. The lowest BCUT2D eigenvalue weighted by molar-refractivity contribution is 0.340. The molecule has 0 heterocycles.